The number of hydrogen-bond donors (Lipinski definition) is 1. The lowest BCUT2D eigenvalue weighted by molar-refractivity contribution is -0.120. The van der Waals surface area contributed by atoms with Crippen LogP contribution in [0.4, 0.5) is 11.1 Å². The van der Waals surface area contributed by atoms with E-state index in [0.717, 1.165) is 31.3 Å². The summed E-state index contributed by atoms with van der Waals surface area (Å²) in [6.07, 6.45) is 5.04. The SMILES string of the molecule is CC(C(=O)Nc1ncccn1)N1CCN(c2nccs2)CC1. The van der Waals surface area contributed by atoms with Gasteiger partial charge in [-0.05, 0) is 13.0 Å². The van der Waals surface area contributed by atoms with Gasteiger partial charge in [0.25, 0.3) is 0 Å². The lowest BCUT2D eigenvalue weighted by Gasteiger charge is -2.37. The van der Waals surface area contributed by atoms with Crippen LogP contribution in [0, 0.1) is 0 Å². The number of carbonyl (C=O) groups is 1. The zero-order valence-corrected chi connectivity index (χ0v) is 13.2. The van der Waals surface area contributed by atoms with Crippen LogP contribution in [0.15, 0.2) is 30.0 Å². The van der Waals surface area contributed by atoms with E-state index < -0.39 is 0 Å². The average molecular weight is 318 g/mol. The molecule has 1 aliphatic heterocycles. The third kappa shape index (κ3) is 3.40. The van der Waals surface area contributed by atoms with Crippen molar-refractivity contribution < 1.29 is 4.79 Å². The van der Waals surface area contributed by atoms with E-state index in [4.69, 9.17) is 0 Å². The Kier molecular flexibility index (Phi) is 4.59. The van der Waals surface area contributed by atoms with E-state index in [0.29, 0.717) is 5.95 Å². The Balaban J connectivity index is 1.53. The van der Waals surface area contributed by atoms with Gasteiger partial charge in [-0.2, -0.15) is 0 Å². The Morgan fingerprint density at radius 3 is 2.55 bits per heavy atom. The third-order valence-electron chi connectivity index (χ3n) is 3.73. The van der Waals surface area contributed by atoms with E-state index in [1.165, 1.54) is 0 Å². The molecule has 3 rings (SSSR count). The third-order valence-corrected chi connectivity index (χ3v) is 4.56. The molecule has 0 aliphatic carbocycles. The molecule has 0 aromatic carbocycles. The Labute approximate surface area is 133 Å². The zero-order valence-electron chi connectivity index (χ0n) is 12.3. The first-order valence-corrected chi connectivity index (χ1v) is 8.08. The molecule has 3 heterocycles. The average Bonchev–Trinajstić information content (AvgIpc) is 3.10. The molecule has 2 aromatic heterocycles. The summed E-state index contributed by atoms with van der Waals surface area (Å²) < 4.78 is 0. The second kappa shape index (κ2) is 6.80. The molecule has 0 saturated carbocycles. The van der Waals surface area contributed by atoms with Crippen LogP contribution in [0.2, 0.25) is 0 Å². The summed E-state index contributed by atoms with van der Waals surface area (Å²) in [5, 5.41) is 5.79. The van der Waals surface area contributed by atoms with Gasteiger partial charge in [-0.1, -0.05) is 0 Å². The summed E-state index contributed by atoms with van der Waals surface area (Å²) in [6.45, 7) is 5.35. The molecule has 0 spiro atoms. The fourth-order valence-corrected chi connectivity index (χ4v) is 3.11. The Bertz CT molecular complexity index is 597. The first-order chi connectivity index (χ1) is 10.7. The van der Waals surface area contributed by atoms with Gasteiger partial charge in [0.1, 0.15) is 0 Å². The smallest absolute Gasteiger partial charge is 0.243 e. The molecule has 1 aliphatic rings. The van der Waals surface area contributed by atoms with Crippen molar-refractivity contribution in [2.45, 2.75) is 13.0 Å². The lowest BCUT2D eigenvalue weighted by atomic mass is 10.2. The molecule has 1 N–H and O–H groups in total. The first-order valence-electron chi connectivity index (χ1n) is 7.20. The highest BCUT2D eigenvalue weighted by Crippen LogP contribution is 2.19. The fourth-order valence-electron chi connectivity index (χ4n) is 2.42. The van der Waals surface area contributed by atoms with Crippen molar-refractivity contribution >= 4 is 28.3 Å². The van der Waals surface area contributed by atoms with Gasteiger partial charge in [0.2, 0.25) is 11.9 Å². The standard InChI is InChI=1S/C14H18N6OS/c1-11(12(21)18-13-15-3-2-4-16-13)19-6-8-20(9-7-19)14-17-5-10-22-14/h2-5,10-11H,6-9H2,1H3,(H,15,16,18,21). The van der Waals surface area contributed by atoms with Crippen molar-refractivity contribution in [3.63, 3.8) is 0 Å². The fraction of sp³-hybridized carbons (Fsp3) is 0.429. The number of hydrogen-bond acceptors (Lipinski definition) is 7. The molecule has 22 heavy (non-hydrogen) atoms. The summed E-state index contributed by atoms with van der Waals surface area (Å²) in [5.74, 6) is 0.273. The highest BCUT2D eigenvalue weighted by Gasteiger charge is 2.26. The van der Waals surface area contributed by atoms with Crippen molar-refractivity contribution in [1.82, 2.24) is 19.9 Å². The van der Waals surface area contributed by atoms with Crippen LogP contribution in [0.1, 0.15) is 6.92 Å². The number of anilines is 2. The number of rotatable bonds is 4. The van der Waals surface area contributed by atoms with Crippen molar-refractivity contribution in [3.05, 3.63) is 30.0 Å². The Morgan fingerprint density at radius 2 is 1.91 bits per heavy atom. The minimum atomic E-state index is -0.206. The van der Waals surface area contributed by atoms with Crippen LogP contribution >= 0.6 is 11.3 Å². The van der Waals surface area contributed by atoms with Gasteiger partial charge >= 0.3 is 0 Å². The minimum absolute atomic E-state index is 0.0751. The molecule has 1 atom stereocenters. The van der Waals surface area contributed by atoms with Crippen LogP contribution < -0.4 is 10.2 Å². The summed E-state index contributed by atoms with van der Waals surface area (Å²) in [5.41, 5.74) is 0. The maximum absolute atomic E-state index is 12.3. The van der Waals surface area contributed by atoms with Crippen LogP contribution in [-0.4, -0.2) is 58.0 Å². The van der Waals surface area contributed by atoms with Crippen molar-refractivity contribution in [1.29, 1.82) is 0 Å². The van der Waals surface area contributed by atoms with Crippen LogP contribution in [0.5, 0.6) is 0 Å². The summed E-state index contributed by atoms with van der Waals surface area (Å²) in [7, 11) is 0. The van der Waals surface area contributed by atoms with Gasteiger partial charge in [-0.15, -0.1) is 11.3 Å². The summed E-state index contributed by atoms with van der Waals surface area (Å²) >= 11 is 1.65. The van der Waals surface area contributed by atoms with E-state index in [2.05, 4.69) is 30.1 Å². The van der Waals surface area contributed by atoms with E-state index in [1.807, 2.05) is 18.5 Å². The highest BCUT2D eigenvalue weighted by molar-refractivity contribution is 7.13. The van der Waals surface area contributed by atoms with E-state index in [-0.39, 0.29) is 11.9 Å². The normalized spacial score (nSPS) is 17.2. The van der Waals surface area contributed by atoms with E-state index >= 15 is 0 Å². The minimum Gasteiger partial charge on any atom is -0.346 e. The van der Waals surface area contributed by atoms with E-state index in [9.17, 15) is 4.79 Å². The monoisotopic (exact) mass is 318 g/mol. The zero-order chi connectivity index (χ0) is 15.4. The maximum atomic E-state index is 12.3. The first kappa shape index (κ1) is 14.9. The summed E-state index contributed by atoms with van der Waals surface area (Å²) in [6, 6.07) is 1.51. The Morgan fingerprint density at radius 1 is 1.18 bits per heavy atom. The molecule has 8 heteroatoms. The molecule has 116 valence electrons. The van der Waals surface area contributed by atoms with Crippen molar-refractivity contribution in [2.24, 2.45) is 0 Å². The maximum Gasteiger partial charge on any atom is 0.243 e. The van der Waals surface area contributed by atoms with Crippen LogP contribution in [-0.2, 0) is 4.79 Å². The summed E-state index contributed by atoms with van der Waals surface area (Å²) in [4.78, 5) is 29.1. The second-order valence-corrected chi connectivity index (χ2v) is 5.95. The largest absolute Gasteiger partial charge is 0.346 e. The molecular formula is C14H18N6OS. The number of aromatic nitrogens is 3. The number of nitrogens with one attached hydrogen (secondary N) is 1. The molecule has 0 radical (unpaired) electrons. The molecule has 2 aromatic rings. The molecule has 1 unspecified atom stereocenters. The van der Waals surface area contributed by atoms with Gasteiger partial charge in [0.05, 0.1) is 6.04 Å². The predicted molar refractivity (Wildman–Crippen MR) is 86.0 cm³/mol. The lowest BCUT2D eigenvalue weighted by Crippen LogP contribution is -2.52. The number of piperazine rings is 1. The van der Waals surface area contributed by atoms with Crippen molar-refractivity contribution in [3.8, 4) is 0 Å². The molecule has 7 nitrogen and oxygen atoms in total. The predicted octanol–water partition coefficient (Wildman–Crippen LogP) is 1.08. The van der Waals surface area contributed by atoms with Crippen molar-refractivity contribution in [2.75, 3.05) is 36.4 Å². The van der Waals surface area contributed by atoms with Gasteiger partial charge in [0, 0.05) is 50.1 Å². The van der Waals surface area contributed by atoms with Crippen LogP contribution in [0.25, 0.3) is 0 Å². The molecule has 1 saturated heterocycles. The van der Waals surface area contributed by atoms with Gasteiger partial charge in [-0.25, -0.2) is 15.0 Å². The van der Waals surface area contributed by atoms with Gasteiger partial charge in [-0.3, -0.25) is 15.0 Å². The van der Waals surface area contributed by atoms with Crippen LogP contribution in [0.3, 0.4) is 0 Å². The topological polar surface area (TPSA) is 74.2 Å². The van der Waals surface area contributed by atoms with Gasteiger partial charge in [0.15, 0.2) is 5.13 Å². The molecule has 1 amide bonds. The number of amides is 1. The highest BCUT2D eigenvalue weighted by atomic mass is 32.1. The Hall–Kier alpha value is -2.06. The molecule has 0 bridgehead atoms. The molecular weight excluding hydrogens is 300 g/mol. The quantitative estimate of drug-likeness (QED) is 0.909. The number of carbonyl (C=O) groups excluding carboxylic acids is 1. The number of thiazole rings is 1. The van der Waals surface area contributed by atoms with Gasteiger partial charge < -0.3 is 4.90 Å². The van der Waals surface area contributed by atoms with E-state index in [1.54, 1.807) is 29.8 Å². The number of nitrogens with zero attached hydrogens (tertiary/aromatic N) is 5. The molecule has 1 fully saturated rings. The second-order valence-electron chi connectivity index (χ2n) is 5.08.